The maximum Gasteiger partial charge on any atom is 0.290 e. The van der Waals surface area contributed by atoms with Crippen molar-refractivity contribution in [1.82, 2.24) is 9.97 Å². The van der Waals surface area contributed by atoms with Crippen LogP contribution in [0.3, 0.4) is 0 Å². The standard InChI is InChI=1S/C8H6BrN3O/c9-4-1-2-5-6(3-4)11-7(10)8(13)12-5/h1-3H,(H2,10,11)(H,12,13). The molecule has 0 bridgehead atoms. The molecule has 0 fully saturated rings. The quantitative estimate of drug-likeness (QED) is 0.728. The van der Waals surface area contributed by atoms with Crippen molar-refractivity contribution >= 4 is 32.8 Å². The molecule has 0 amide bonds. The zero-order valence-electron chi connectivity index (χ0n) is 6.54. The fourth-order valence-electron chi connectivity index (χ4n) is 1.07. The van der Waals surface area contributed by atoms with Gasteiger partial charge in [0.15, 0.2) is 5.82 Å². The maximum atomic E-state index is 11.1. The number of fused-ring (bicyclic) bond motifs is 1. The SMILES string of the molecule is Nc1nc2cc(Br)ccc2[nH]c1=O. The number of halogens is 1. The molecule has 4 nitrogen and oxygen atoms in total. The summed E-state index contributed by atoms with van der Waals surface area (Å²) >= 11 is 3.30. The van der Waals surface area contributed by atoms with Crippen LogP contribution in [0.15, 0.2) is 27.5 Å². The van der Waals surface area contributed by atoms with Gasteiger partial charge in [-0.2, -0.15) is 0 Å². The van der Waals surface area contributed by atoms with Crippen LogP contribution in [-0.4, -0.2) is 9.97 Å². The van der Waals surface area contributed by atoms with Crippen LogP contribution < -0.4 is 11.3 Å². The van der Waals surface area contributed by atoms with Crippen molar-refractivity contribution in [2.75, 3.05) is 5.73 Å². The summed E-state index contributed by atoms with van der Waals surface area (Å²) in [6.45, 7) is 0. The number of aromatic nitrogens is 2. The summed E-state index contributed by atoms with van der Waals surface area (Å²) in [5, 5.41) is 0. The molecule has 0 saturated carbocycles. The van der Waals surface area contributed by atoms with Crippen LogP contribution in [-0.2, 0) is 0 Å². The van der Waals surface area contributed by atoms with E-state index in [0.29, 0.717) is 11.0 Å². The Morgan fingerprint density at radius 1 is 1.46 bits per heavy atom. The summed E-state index contributed by atoms with van der Waals surface area (Å²) < 4.78 is 0.902. The molecule has 2 rings (SSSR count). The molecule has 5 heteroatoms. The van der Waals surface area contributed by atoms with Gasteiger partial charge in [0.2, 0.25) is 0 Å². The second-order valence-electron chi connectivity index (χ2n) is 2.61. The van der Waals surface area contributed by atoms with Gasteiger partial charge < -0.3 is 10.7 Å². The summed E-state index contributed by atoms with van der Waals surface area (Å²) in [6.07, 6.45) is 0. The summed E-state index contributed by atoms with van der Waals surface area (Å²) in [7, 11) is 0. The highest BCUT2D eigenvalue weighted by molar-refractivity contribution is 9.10. The Bertz CT molecular complexity index is 520. The normalized spacial score (nSPS) is 10.5. The van der Waals surface area contributed by atoms with Gasteiger partial charge in [-0.15, -0.1) is 0 Å². The van der Waals surface area contributed by atoms with E-state index in [4.69, 9.17) is 5.73 Å². The zero-order chi connectivity index (χ0) is 9.42. The van der Waals surface area contributed by atoms with Crippen LogP contribution in [0.25, 0.3) is 11.0 Å². The molecule has 0 aliphatic rings. The first kappa shape index (κ1) is 8.25. The summed E-state index contributed by atoms with van der Waals surface area (Å²) in [4.78, 5) is 17.6. The molecular weight excluding hydrogens is 234 g/mol. The monoisotopic (exact) mass is 239 g/mol. The molecule has 0 radical (unpaired) electrons. The zero-order valence-corrected chi connectivity index (χ0v) is 8.13. The van der Waals surface area contributed by atoms with Gasteiger partial charge in [0.25, 0.3) is 5.56 Å². The highest BCUT2D eigenvalue weighted by Crippen LogP contribution is 2.15. The molecule has 0 saturated heterocycles. The lowest BCUT2D eigenvalue weighted by molar-refractivity contribution is 1.23. The topological polar surface area (TPSA) is 71.8 Å². The van der Waals surface area contributed by atoms with Gasteiger partial charge in [0.1, 0.15) is 0 Å². The molecular formula is C8H6BrN3O. The molecule has 0 unspecified atom stereocenters. The average molecular weight is 240 g/mol. The van der Waals surface area contributed by atoms with Gasteiger partial charge in [-0.3, -0.25) is 4.79 Å². The molecule has 0 atom stereocenters. The van der Waals surface area contributed by atoms with Crippen molar-refractivity contribution in [3.8, 4) is 0 Å². The van der Waals surface area contributed by atoms with Gasteiger partial charge >= 0.3 is 0 Å². The van der Waals surface area contributed by atoms with Crippen molar-refractivity contribution in [3.63, 3.8) is 0 Å². The minimum Gasteiger partial charge on any atom is -0.379 e. The molecule has 3 N–H and O–H groups in total. The maximum absolute atomic E-state index is 11.1. The van der Waals surface area contributed by atoms with Crippen LogP contribution >= 0.6 is 15.9 Å². The summed E-state index contributed by atoms with van der Waals surface area (Å²) in [5.41, 5.74) is 6.37. The van der Waals surface area contributed by atoms with Gasteiger partial charge in [0, 0.05) is 4.47 Å². The first-order valence-corrected chi connectivity index (χ1v) is 4.41. The van der Waals surface area contributed by atoms with E-state index in [-0.39, 0.29) is 11.4 Å². The largest absolute Gasteiger partial charge is 0.379 e. The minimum absolute atomic E-state index is 0.00870. The third-order valence-corrected chi connectivity index (χ3v) is 2.17. The Morgan fingerprint density at radius 2 is 2.23 bits per heavy atom. The Labute approximate surface area is 81.9 Å². The van der Waals surface area contributed by atoms with Crippen LogP contribution in [0.5, 0.6) is 0 Å². The van der Waals surface area contributed by atoms with Crippen molar-refractivity contribution < 1.29 is 0 Å². The molecule has 1 aromatic heterocycles. The van der Waals surface area contributed by atoms with Crippen LogP contribution in [0.2, 0.25) is 0 Å². The van der Waals surface area contributed by atoms with Crippen LogP contribution in [0, 0.1) is 0 Å². The number of rotatable bonds is 0. The highest BCUT2D eigenvalue weighted by Gasteiger charge is 2.00. The highest BCUT2D eigenvalue weighted by atomic mass is 79.9. The van der Waals surface area contributed by atoms with Crippen LogP contribution in [0.1, 0.15) is 0 Å². The number of nitrogens with zero attached hydrogens (tertiary/aromatic N) is 1. The van der Waals surface area contributed by atoms with E-state index < -0.39 is 0 Å². The third kappa shape index (κ3) is 1.42. The lowest BCUT2D eigenvalue weighted by Gasteiger charge is -1.98. The molecule has 2 aromatic rings. The number of H-pyrrole nitrogens is 1. The smallest absolute Gasteiger partial charge is 0.290 e. The van der Waals surface area contributed by atoms with Crippen LogP contribution in [0.4, 0.5) is 5.82 Å². The van der Waals surface area contributed by atoms with Gasteiger partial charge in [-0.25, -0.2) is 4.98 Å². The number of nitrogens with one attached hydrogen (secondary N) is 1. The van der Waals surface area contributed by atoms with E-state index in [1.165, 1.54) is 0 Å². The number of hydrogen-bond donors (Lipinski definition) is 2. The predicted octanol–water partition coefficient (Wildman–Crippen LogP) is 1.27. The van der Waals surface area contributed by atoms with Gasteiger partial charge in [-0.1, -0.05) is 15.9 Å². The Morgan fingerprint density at radius 3 is 3.00 bits per heavy atom. The molecule has 0 aliphatic heterocycles. The van der Waals surface area contributed by atoms with Crippen molar-refractivity contribution in [3.05, 3.63) is 33.0 Å². The fraction of sp³-hybridized carbons (Fsp3) is 0. The fourth-order valence-corrected chi connectivity index (χ4v) is 1.42. The van der Waals surface area contributed by atoms with Gasteiger partial charge in [-0.05, 0) is 18.2 Å². The first-order chi connectivity index (χ1) is 6.16. The lowest BCUT2D eigenvalue weighted by atomic mass is 10.3. The van der Waals surface area contributed by atoms with E-state index in [1.54, 1.807) is 12.1 Å². The molecule has 1 heterocycles. The third-order valence-electron chi connectivity index (χ3n) is 1.68. The average Bonchev–Trinajstić information content (AvgIpc) is 2.08. The van der Waals surface area contributed by atoms with E-state index in [0.717, 1.165) is 4.47 Å². The first-order valence-electron chi connectivity index (χ1n) is 3.62. The Hall–Kier alpha value is -1.36. The van der Waals surface area contributed by atoms with Gasteiger partial charge in [0.05, 0.1) is 11.0 Å². The number of benzene rings is 1. The number of hydrogen-bond acceptors (Lipinski definition) is 3. The Balaban J connectivity index is 2.89. The summed E-state index contributed by atoms with van der Waals surface area (Å²) in [6, 6.07) is 5.39. The minimum atomic E-state index is -0.352. The molecule has 1 aromatic carbocycles. The van der Waals surface area contributed by atoms with Crippen molar-refractivity contribution in [2.45, 2.75) is 0 Å². The predicted molar refractivity (Wildman–Crippen MR) is 54.5 cm³/mol. The van der Waals surface area contributed by atoms with Crippen molar-refractivity contribution in [2.24, 2.45) is 0 Å². The molecule has 0 aliphatic carbocycles. The number of aromatic amines is 1. The van der Waals surface area contributed by atoms with E-state index in [9.17, 15) is 4.79 Å². The lowest BCUT2D eigenvalue weighted by Crippen LogP contribution is -2.13. The summed E-state index contributed by atoms with van der Waals surface area (Å²) in [5.74, 6) is -0.00870. The van der Waals surface area contributed by atoms with E-state index >= 15 is 0 Å². The second-order valence-corrected chi connectivity index (χ2v) is 3.53. The number of anilines is 1. The molecule has 0 spiro atoms. The van der Waals surface area contributed by atoms with Crippen molar-refractivity contribution in [1.29, 1.82) is 0 Å². The number of nitrogens with two attached hydrogens (primary N) is 1. The van der Waals surface area contributed by atoms with E-state index in [2.05, 4.69) is 25.9 Å². The molecule has 13 heavy (non-hydrogen) atoms. The number of nitrogen functional groups attached to an aromatic ring is 1. The second kappa shape index (κ2) is 2.85. The van der Waals surface area contributed by atoms with E-state index in [1.807, 2.05) is 6.07 Å². The molecule has 66 valence electrons. The Kier molecular flexibility index (Phi) is 1.81.